The standard InChI is InChI=1S/C13H14N2S/c1-8-4-9(2)6-11(5-8)12-7-13(16)15-10(3)14-12/h4-7H,1-3H3,(H,14,15,16). The zero-order chi connectivity index (χ0) is 11.7. The maximum absolute atomic E-state index is 5.12. The average molecular weight is 230 g/mol. The third kappa shape index (κ3) is 2.36. The molecule has 0 bridgehead atoms. The van der Waals surface area contributed by atoms with Crippen molar-refractivity contribution in [1.29, 1.82) is 0 Å². The van der Waals surface area contributed by atoms with Gasteiger partial charge in [0.2, 0.25) is 0 Å². The average Bonchev–Trinajstić information content (AvgIpc) is 2.14. The third-order valence-electron chi connectivity index (χ3n) is 2.39. The first kappa shape index (κ1) is 11.0. The van der Waals surface area contributed by atoms with E-state index in [1.54, 1.807) is 0 Å². The molecule has 0 atom stereocenters. The van der Waals surface area contributed by atoms with Crippen molar-refractivity contribution in [2.24, 2.45) is 0 Å². The van der Waals surface area contributed by atoms with Crippen LogP contribution >= 0.6 is 12.2 Å². The molecule has 1 aromatic carbocycles. The second-order valence-corrected chi connectivity index (χ2v) is 4.51. The summed E-state index contributed by atoms with van der Waals surface area (Å²) in [5.41, 5.74) is 4.70. The molecule has 0 fully saturated rings. The normalized spacial score (nSPS) is 10.4. The minimum atomic E-state index is 0.630. The van der Waals surface area contributed by atoms with E-state index < -0.39 is 0 Å². The lowest BCUT2D eigenvalue weighted by molar-refractivity contribution is 1.05. The van der Waals surface area contributed by atoms with Crippen LogP contribution in [0.5, 0.6) is 0 Å². The molecule has 2 nitrogen and oxygen atoms in total. The predicted molar refractivity (Wildman–Crippen MR) is 69.1 cm³/mol. The van der Waals surface area contributed by atoms with E-state index in [2.05, 4.69) is 42.0 Å². The van der Waals surface area contributed by atoms with Crippen LogP contribution in [0.1, 0.15) is 17.0 Å². The van der Waals surface area contributed by atoms with Crippen molar-refractivity contribution in [1.82, 2.24) is 9.97 Å². The molecule has 16 heavy (non-hydrogen) atoms. The number of benzene rings is 1. The topological polar surface area (TPSA) is 28.7 Å². The van der Waals surface area contributed by atoms with Gasteiger partial charge in [-0.25, -0.2) is 4.98 Å². The molecular weight excluding hydrogens is 216 g/mol. The molecule has 0 saturated heterocycles. The molecule has 0 aliphatic heterocycles. The molecule has 0 aliphatic rings. The number of H-pyrrole nitrogens is 1. The fourth-order valence-electron chi connectivity index (χ4n) is 1.87. The van der Waals surface area contributed by atoms with Crippen molar-refractivity contribution in [2.75, 3.05) is 0 Å². The van der Waals surface area contributed by atoms with Crippen LogP contribution in [0.2, 0.25) is 0 Å². The van der Waals surface area contributed by atoms with Gasteiger partial charge in [-0.3, -0.25) is 0 Å². The van der Waals surface area contributed by atoms with Crippen molar-refractivity contribution >= 4 is 12.2 Å². The summed E-state index contributed by atoms with van der Waals surface area (Å²) in [7, 11) is 0. The molecule has 0 radical (unpaired) electrons. The fourth-order valence-corrected chi connectivity index (χ4v) is 2.12. The molecule has 0 unspecified atom stereocenters. The number of aromatic nitrogens is 2. The number of hydrogen-bond donors (Lipinski definition) is 1. The Bertz CT molecular complexity index is 564. The highest BCUT2D eigenvalue weighted by Crippen LogP contribution is 2.20. The van der Waals surface area contributed by atoms with Gasteiger partial charge < -0.3 is 4.98 Å². The number of nitrogens with zero attached hydrogens (tertiary/aromatic N) is 1. The van der Waals surface area contributed by atoms with Crippen LogP contribution in [-0.2, 0) is 0 Å². The number of hydrogen-bond acceptors (Lipinski definition) is 2. The van der Waals surface area contributed by atoms with Crippen LogP contribution in [0.25, 0.3) is 11.3 Å². The van der Waals surface area contributed by atoms with E-state index in [1.807, 2.05) is 13.0 Å². The van der Waals surface area contributed by atoms with Crippen molar-refractivity contribution in [2.45, 2.75) is 20.8 Å². The highest BCUT2D eigenvalue weighted by molar-refractivity contribution is 7.71. The van der Waals surface area contributed by atoms with E-state index in [0.29, 0.717) is 4.64 Å². The van der Waals surface area contributed by atoms with E-state index >= 15 is 0 Å². The van der Waals surface area contributed by atoms with Crippen LogP contribution in [-0.4, -0.2) is 9.97 Å². The summed E-state index contributed by atoms with van der Waals surface area (Å²) in [6.07, 6.45) is 0. The van der Waals surface area contributed by atoms with E-state index in [-0.39, 0.29) is 0 Å². The van der Waals surface area contributed by atoms with Crippen molar-refractivity contribution in [3.63, 3.8) is 0 Å². The van der Waals surface area contributed by atoms with Gasteiger partial charge in [-0.15, -0.1) is 0 Å². The first-order valence-electron chi connectivity index (χ1n) is 5.21. The third-order valence-corrected chi connectivity index (χ3v) is 2.60. The smallest absolute Gasteiger partial charge is 0.130 e. The van der Waals surface area contributed by atoms with Gasteiger partial charge in [0.1, 0.15) is 10.5 Å². The Kier molecular flexibility index (Phi) is 2.88. The Labute approximate surface area is 100 Å². The molecule has 3 heteroatoms. The maximum Gasteiger partial charge on any atom is 0.130 e. The van der Waals surface area contributed by atoms with E-state index in [4.69, 9.17) is 12.2 Å². The van der Waals surface area contributed by atoms with Gasteiger partial charge in [0.25, 0.3) is 0 Å². The molecule has 0 aliphatic carbocycles. The molecule has 1 aromatic heterocycles. The maximum atomic E-state index is 5.12. The van der Waals surface area contributed by atoms with Gasteiger partial charge >= 0.3 is 0 Å². The summed E-state index contributed by atoms with van der Waals surface area (Å²) in [6.45, 7) is 6.11. The SMILES string of the molecule is Cc1cc(C)cc(-c2cc(=S)nc(C)[nH]2)c1. The van der Waals surface area contributed by atoms with Crippen LogP contribution in [0, 0.1) is 25.4 Å². The molecule has 1 N–H and O–H groups in total. The Hall–Kier alpha value is -1.48. The molecule has 2 aromatic rings. The first-order valence-corrected chi connectivity index (χ1v) is 5.62. The Morgan fingerprint density at radius 1 is 1.00 bits per heavy atom. The Morgan fingerprint density at radius 2 is 1.62 bits per heavy atom. The summed E-state index contributed by atoms with van der Waals surface area (Å²) in [6, 6.07) is 8.35. The van der Waals surface area contributed by atoms with Crippen LogP contribution in [0.15, 0.2) is 24.3 Å². The lowest BCUT2D eigenvalue weighted by atomic mass is 10.1. The quantitative estimate of drug-likeness (QED) is 0.756. The Balaban J connectivity index is 2.62. The highest BCUT2D eigenvalue weighted by Gasteiger charge is 2.01. The predicted octanol–water partition coefficient (Wildman–Crippen LogP) is 3.73. The zero-order valence-corrected chi connectivity index (χ0v) is 10.5. The largest absolute Gasteiger partial charge is 0.343 e. The minimum Gasteiger partial charge on any atom is -0.343 e. The molecule has 0 amide bonds. The first-order chi connectivity index (χ1) is 7.54. The zero-order valence-electron chi connectivity index (χ0n) is 9.66. The highest BCUT2D eigenvalue weighted by atomic mass is 32.1. The van der Waals surface area contributed by atoms with Crippen molar-refractivity contribution in [3.05, 3.63) is 45.9 Å². The molecular formula is C13H14N2S. The molecule has 0 saturated carbocycles. The van der Waals surface area contributed by atoms with E-state index in [1.165, 1.54) is 11.1 Å². The van der Waals surface area contributed by atoms with Crippen LogP contribution in [0.3, 0.4) is 0 Å². The number of nitrogens with one attached hydrogen (secondary N) is 1. The van der Waals surface area contributed by atoms with Crippen LogP contribution in [0.4, 0.5) is 0 Å². The summed E-state index contributed by atoms with van der Waals surface area (Å²) < 4.78 is 0.630. The van der Waals surface area contributed by atoms with Crippen molar-refractivity contribution in [3.8, 4) is 11.3 Å². The lowest BCUT2D eigenvalue weighted by Crippen LogP contribution is -1.92. The van der Waals surface area contributed by atoms with E-state index in [9.17, 15) is 0 Å². The molecule has 0 spiro atoms. The van der Waals surface area contributed by atoms with Gasteiger partial charge in [-0.05, 0) is 44.5 Å². The van der Waals surface area contributed by atoms with Crippen LogP contribution < -0.4 is 0 Å². The monoisotopic (exact) mass is 230 g/mol. The van der Waals surface area contributed by atoms with Gasteiger partial charge in [-0.1, -0.05) is 29.4 Å². The lowest BCUT2D eigenvalue weighted by Gasteiger charge is -2.06. The number of aryl methyl sites for hydroxylation is 3. The summed E-state index contributed by atoms with van der Waals surface area (Å²) in [5, 5.41) is 0. The van der Waals surface area contributed by atoms with E-state index in [0.717, 1.165) is 17.1 Å². The number of rotatable bonds is 1. The fraction of sp³-hybridized carbons (Fsp3) is 0.231. The number of aromatic amines is 1. The Morgan fingerprint density at radius 3 is 2.19 bits per heavy atom. The molecule has 2 rings (SSSR count). The summed E-state index contributed by atoms with van der Waals surface area (Å²) in [5.74, 6) is 0.849. The second-order valence-electron chi connectivity index (χ2n) is 4.09. The van der Waals surface area contributed by atoms with Gasteiger partial charge in [0.05, 0.1) is 0 Å². The van der Waals surface area contributed by atoms with Gasteiger partial charge in [0, 0.05) is 5.69 Å². The second kappa shape index (κ2) is 4.18. The minimum absolute atomic E-state index is 0.630. The summed E-state index contributed by atoms with van der Waals surface area (Å²) in [4.78, 5) is 7.40. The van der Waals surface area contributed by atoms with Crippen molar-refractivity contribution < 1.29 is 0 Å². The van der Waals surface area contributed by atoms with Gasteiger partial charge in [0.15, 0.2) is 0 Å². The van der Waals surface area contributed by atoms with Gasteiger partial charge in [-0.2, -0.15) is 0 Å². The molecule has 82 valence electrons. The summed E-state index contributed by atoms with van der Waals surface area (Å²) >= 11 is 5.12. The molecule has 1 heterocycles.